The molecule has 1 aliphatic heterocycles. The average molecular weight is 296 g/mol. The lowest BCUT2D eigenvalue weighted by molar-refractivity contribution is 0.454. The molecule has 1 aromatic heterocycles. The first kappa shape index (κ1) is 11.2. The second kappa shape index (κ2) is 4.42. The number of fused-ring (bicyclic) bond motifs is 1. The van der Waals surface area contributed by atoms with Gasteiger partial charge in [-0.2, -0.15) is 0 Å². The Morgan fingerprint density at radius 2 is 2.24 bits per heavy atom. The molecular formula is C12H14BrN3O. The molecule has 4 nitrogen and oxygen atoms in total. The lowest BCUT2D eigenvalue weighted by atomic mass is 10.1. The van der Waals surface area contributed by atoms with Crippen LogP contribution in [-0.2, 0) is 0 Å². The van der Waals surface area contributed by atoms with Crippen LogP contribution in [0, 0.1) is 0 Å². The van der Waals surface area contributed by atoms with Crippen LogP contribution in [0.2, 0.25) is 0 Å². The van der Waals surface area contributed by atoms with Gasteiger partial charge >= 0.3 is 0 Å². The van der Waals surface area contributed by atoms with E-state index < -0.39 is 0 Å². The third kappa shape index (κ3) is 2.11. The molecule has 1 fully saturated rings. The molecule has 1 aliphatic rings. The Morgan fingerprint density at radius 3 is 3.00 bits per heavy atom. The highest BCUT2D eigenvalue weighted by Crippen LogP contribution is 2.29. The van der Waals surface area contributed by atoms with Crippen LogP contribution in [0.3, 0.4) is 0 Å². The summed E-state index contributed by atoms with van der Waals surface area (Å²) in [5.41, 5.74) is 7.34. The van der Waals surface area contributed by atoms with E-state index in [4.69, 9.17) is 4.42 Å². The molecule has 0 saturated carbocycles. The molecule has 0 aliphatic carbocycles. The smallest absolute Gasteiger partial charge is 0.134 e. The molecule has 17 heavy (non-hydrogen) atoms. The van der Waals surface area contributed by atoms with Gasteiger partial charge in [0, 0.05) is 16.3 Å². The van der Waals surface area contributed by atoms with Gasteiger partial charge < -0.3 is 9.73 Å². The molecule has 0 radical (unpaired) electrons. The predicted octanol–water partition coefficient (Wildman–Crippen LogP) is 2.28. The maximum absolute atomic E-state index is 5.85. The summed E-state index contributed by atoms with van der Waals surface area (Å²) in [6.07, 6.45) is 1.26. The van der Waals surface area contributed by atoms with Crippen molar-refractivity contribution >= 4 is 26.9 Å². The minimum atomic E-state index is 0.221. The van der Waals surface area contributed by atoms with Gasteiger partial charge in [0.1, 0.15) is 11.3 Å². The molecule has 1 saturated heterocycles. The summed E-state index contributed by atoms with van der Waals surface area (Å²) in [6, 6.07) is 8.36. The number of nitrogens with one attached hydrogen (secondary N) is 3. The number of hydrogen-bond acceptors (Lipinski definition) is 4. The van der Waals surface area contributed by atoms with Crippen molar-refractivity contribution in [3.05, 3.63) is 34.5 Å². The van der Waals surface area contributed by atoms with E-state index in [2.05, 4.69) is 44.2 Å². The molecule has 3 rings (SSSR count). The summed E-state index contributed by atoms with van der Waals surface area (Å²) in [5.74, 6) is 0.975. The fourth-order valence-electron chi connectivity index (χ4n) is 2.14. The van der Waals surface area contributed by atoms with E-state index in [0.717, 1.165) is 27.6 Å². The van der Waals surface area contributed by atoms with Crippen LogP contribution < -0.4 is 16.2 Å². The van der Waals surface area contributed by atoms with Crippen LogP contribution in [-0.4, -0.2) is 13.2 Å². The molecule has 0 spiro atoms. The van der Waals surface area contributed by atoms with Crippen molar-refractivity contribution in [3.8, 4) is 0 Å². The monoisotopic (exact) mass is 295 g/mol. The first-order valence-electron chi connectivity index (χ1n) is 5.63. The molecule has 1 aromatic carbocycles. The first-order valence-corrected chi connectivity index (χ1v) is 6.43. The van der Waals surface area contributed by atoms with Crippen LogP contribution in [0.4, 0.5) is 0 Å². The Labute approximate surface area is 108 Å². The highest BCUT2D eigenvalue weighted by atomic mass is 79.9. The number of halogens is 1. The summed E-state index contributed by atoms with van der Waals surface area (Å²) in [4.78, 5) is 0. The molecule has 0 amide bonds. The molecule has 90 valence electrons. The highest BCUT2D eigenvalue weighted by Gasteiger charge is 2.26. The van der Waals surface area contributed by atoms with Gasteiger partial charge in [0.2, 0.25) is 0 Å². The standard InChI is InChI=1S/C12H14BrN3O/c1-14-12-6-9(15-16-12)11-5-7-4-8(13)2-3-10(7)17-11/h2-5,9,12,14-16H,6H2,1H3. The molecule has 2 unspecified atom stereocenters. The van der Waals surface area contributed by atoms with E-state index in [-0.39, 0.29) is 6.04 Å². The molecule has 5 heteroatoms. The van der Waals surface area contributed by atoms with E-state index in [1.807, 2.05) is 19.2 Å². The second-order valence-corrected chi connectivity index (χ2v) is 5.16. The van der Waals surface area contributed by atoms with Crippen LogP contribution in [0.15, 0.2) is 33.2 Å². The van der Waals surface area contributed by atoms with Crippen molar-refractivity contribution < 1.29 is 4.42 Å². The summed E-state index contributed by atoms with van der Waals surface area (Å²) in [6.45, 7) is 0. The number of hydrogen-bond donors (Lipinski definition) is 3. The number of hydrazine groups is 1. The topological polar surface area (TPSA) is 49.2 Å². The lowest BCUT2D eigenvalue weighted by Gasteiger charge is -2.05. The fraction of sp³-hybridized carbons (Fsp3) is 0.333. The molecular weight excluding hydrogens is 282 g/mol. The summed E-state index contributed by atoms with van der Waals surface area (Å²) >= 11 is 3.47. The molecule has 3 N–H and O–H groups in total. The van der Waals surface area contributed by atoms with Crippen LogP contribution >= 0.6 is 15.9 Å². The Hall–Kier alpha value is -0.880. The van der Waals surface area contributed by atoms with E-state index >= 15 is 0 Å². The van der Waals surface area contributed by atoms with Gasteiger partial charge in [0.25, 0.3) is 0 Å². The van der Waals surface area contributed by atoms with Crippen LogP contribution in [0.1, 0.15) is 18.2 Å². The number of benzene rings is 1. The fourth-order valence-corrected chi connectivity index (χ4v) is 2.52. The maximum atomic E-state index is 5.85. The summed E-state index contributed by atoms with van der Waals surface area (Å²) in [7, 11) is 1.94. The molecule has 2 heterocycles. The summed E-state index contributed by atoms with van der Waals surface area (Å²) < 4.78 is 6.92. The van der Waals surface area contributed by atoms with Gasteiger partial charge in [-0.05, 0) is 31.3 Å². The molecule has 0 bridgehead atoms. The van der Waals surface area contributed by atoms with E-state index in [1.165, 1.54) is 0 Å². The van der Waals surface area contributed by atoms with Gasteiger partial charge in [-0.1, -0.05) is 15.9 Å². The van der Waals surface area contributed by atoms with Gasteiger partial charge in [-0.15, -0.1) is 0 Å². The Bertz CT molecular complexity index is 540. The second-order valence-electron chi connectivity index (χ2n) is 4.25. The van der Waals surface area contributed by atoms with Crippen LogP contribution in [0.5, 0.6) is 0 Å². The lowest BCUT2D eigenvalue weighted by Crippen LogP contribution is -2.38. The predicted molar refractivity (Wildman–Crippen MR) is 70.4 cm³/mol. The highest BCUT2D eigenvalue weighted by molar-refractivity contribution is 9.10. The SMILES string of the molecule is CNC1CC(c2cc3cc(Br)ccc3o2)NN1. The van der Waals surface area contributed by atoms with Gasteiger partial charge in [-0.3, -0.25) is 0 Å². The van der Waals surface area contributed by atoms with Crippen molar-refractivity contribution in [3.63, 3.8) is 0 Å². The zero-order valence-corrected chi connectivity index (χ0v) is 11.0. The van der Waals surface area contributed by atoms with Gasteiger partial charge in [-0.25, -0.2) is 10.9 Å². The maximum Gasteiger partial charge on any atom is 0.134 e. The summed E-state index contributed by atoms with van der Waals surface area (Å²) in [5, 5.41) is 4.31. The minimum absolute atomic E-state index is 0.221. The number of rotatable bonds is 2. The van der Waals surface area contributed by atoms with Crippen molar-refractivity contribution in [2.75, 3.05) is 7.05 Å². The normalized spacial score (nSPS) is 24.6. The van der Waals surface area contributed by atoms with Crippen LogP contribution in [0.25, 0.3) is 11.0 Å². The largest absolute Gasteiger partial charge is 0.459 e. The Kier molecular flexibility index (Phi) is 2.92. The average Bonchev–Trinajstić information content (AvgIpc) is 2.93. The third-order valence-electron chi connectivity index (χ3n) is 3.09. The first-order chi connectivity index (χ1) is 8.26. The minimum Gasteiger partial charge on any atom is -0.459 e. The van der Waals surface area contributed by atoms with Crippen molar-refractivity contribution in [2.45, 2.75) is 18.6 Å². The van der Waals surface area contributed by atoms with Crippen molar-refractivity contribution in [1.29, 1.82) is 0 Å². The van der Waals surface area contributed by atoms with E-state index in [0.29, 0.717) is 6.17 Å². The number of furan rings is 1. The third-order valence-corrected chi connectivity index (χ3v) is 3.59. The zero-order chi connectivity index (χ0) is 11.8. The molecule has 2 aromatic rings. The quantitative estimate of drug-likeness (QED) is 0.796. The Morgan fingerprint density at radius 1 is 1.35 bits per heavy atom. The Balaban J connectivity index is 1.91. The van der Waals surface area contributed by atoms with Crippen molar-refractivity contribution in [2.24, 2.45) is 0 Å². The zero-order valence-electron chi connectivity index (χ0n) is 9.46. The van der Waals surface area contributed by atoms with Gasteiger partial charge in [0.05, 0.1) is 12.2 Å². The van der Waals surface area contributed by atoms with Gasteiger partial charge in [0.15, 0.2) is 0 Å². The molecule has 2 atom stereocenters. The van der Waals surface area contributed by atoms with Crippen molar-refractivity contribution in [1.82, 2.24) is 16.2 Å². The van der Waals surface area contributed by atoms with E-state index in [1.54, 1.807) is 0 Å². The van der Waals surface area contributed by atoms with E-state index in [9.17, 15) is 0 Å².